The van der Waals surface area contributed by atoms with Crippen LogP contribution in [0.2, 0.25) is 0 Å². The van der Waals surface area contributed by atoms with Crippen LogP contribution >= 0.6 is 7.82 Å². The van der Waals surface area contributed by atoms with Gasteiger partial charge in [0.2, 0.25) is 5.91 Å². The van der Waals surface area contributed by atoms with Crippen LogP contribution < -0.4 is 5.32 Å². The van der Waals surface area contributed by atoms with Gasteiger partial charge in [-0.1, -0.05) is 222 Å². The molecule has 0 aliphatic carbocycles. The predicted molar refractivity (Wildman–Crippen MR) is 284 cm³/mol. The highest BCUT2D eigenvalue weighted by Crippen LogP contribution is 2.42. The van der Waals surface area contributed by atoms with Crippen LogP contribution in [-0.4, -0.2) is 54.3 Å². The predicted octanol–water partition coefficient (Wildman–Crippen LogP) is 16.8. The van der Waals surface area contributed by atoms with Crippen molar-refractivity contribution in [1.82, 2.24) is 5.32 Å². The van der Waals surface area contributed by atoms with Crippen molar-refractivity contribution in [3.63, 3.8) is 0 Å². The zero-order chi connectivity index (χ0) is 48.8. The van der Waals surface area contributed by atoms with E-state index in [1.165, 1.54) is 167 Å². The zero-order valence-corrected chi connectivity index (χ0v) is 44.2. The van der Waals surface area contributed by atoms with Gasteiger partial charge in [0.25, 0.3) is 0 Å². The van der Waals surface area contributed by atoms with E-state index >= 15 is 0 Å². The van der Waals surface area contributed by atoms with E-state index in [2.05, 4.69) is 79.9 Å². The number of nitrogens with one attached hydrogen (secondary N) is 1. The Bertz CT molecular complexity index is 1280. The molecule has 9 nitrogen and oxygen atoms in total. The van der Waals surface area contributed by atoms with Gasteiger partial charge in [-0.15, -0.1) is 0 Å². The molecule has 0 aliphatic heterocycles. The lowest BCUT2D eigenvalue weighted by Gasteiger charge is -2.15. The molecule has 1 amide bonds. The van der Waals surface area contributed by atoms with Crippen LogP contribution in [0.5, 0.6) is 0 Å². The molecule has 3 N–H and O–H groups in total. The van der Waals surface area contributed by atoms with Crippen LogP contribution in [0.1, 0.15) is 258 Å². The third-order valence-electron chi connectivity index (χ3n) is 11.9. The van der Waals surface area contributed by atoms with Crippen molar-refractivity contribution >= 4 is 19.7 Å². The summed E-state index contributed by atoms with van der Waals surface area (Å²) in [5, 5.41) is 12.8. The summed E-state index contributed by atoms with van der Waals surface area (Å²) < 4.78 is 27.0. The third kappa shape index (κ3) is 54.5. The molecule has 2 unspecified atom stereocenters. The molecular weight excluding hydrogens is 858 g/mol. The van der Waals surface area contributed by atoms with E-state index in [1.807, 2.05) is 0 Å². The first-order valence-corrected chi connectivity index (χ1v) is 29.3. The number of ether oxygens (including phenoxy) is 1. The summed E-state index contributed by atoms with van der Waals surface area (Å²) in [5.41, 5.74) is 0. The normalized spacial score (nSPS) is 13.6. The first-order chi connectivity index (χ1) is 32.8. The average Bonchev–Trinajstić information content (AvgIpc) is 3.32. The van der Waals surface area contributed by atoms with Gasteiger partial charge in [0, 0.05) is 19.4 Å². The molecule has 0 spiro atoms. The lowest BCUT2D eigenvalue weighted by molar-refractivity contribution is -0.147. The molecule has 0 bridgehead atoms. The van der Waals surface area contributed by atoms with Gasteiger partial charge in [0.15, 0.2) is 0 Å². The number of aliphatic hydroxyl groups excluding tert-OH is 1. The molecule has 10 heteroatoms. The quantitative estimate of drug-likeness (QED) is 0.0238. The molecule has 0 fully saturated rings. The summed E-state index contributed by atoms with van der Waals surface area (Å²) >= 11 is 0. The maximum Gasteiger partial charge on any atom is 0.472 e. The Kier molecular flexibility index (Phi) is 51.3. The summed E-state index contributed by atoms with van der Waals surface area (Å²) in [6, 6.07) is 0. The fourth-order valence-electron chi connectivity index (χ4n) is 7.71. The summed E-state index contributed by atoms with van der Waals surface area (Å²) in [4.78, 5) is 34.1. The highest BCUT2D eigenvalue weighted by atomic mass is 31.2. The van der Waals surface area contributed by atoms with Crippen molar-refractivity contribution in [2.75, 3.05) is 26.4 Å². The molecule has 0 saturated heterocycles. The highest BCUT2D eigenvalue weighted by Gasteiger charge is 2.23. The number of amides is 1. The molecule has 0 aromatic carbocycles. The maximum atomic E-state index is 12.2. The summed E-state index contributed by atoms with van der Waals surface area (Å²) in [6.07, 6.45) is 65.9. The van der Waals surface area contributed by atoms with Crippen LogP contribution in [0.15, 0.2) is 60.8 Å². The minimum absolute atomic E-state index is 0.0739. The van der Waals surface area contributed by atoms with Crippen molar-refractivity contribution in [3.8, 4) is 0 Å². The molecule has 0 saturated carbocycles. The Labute approximate surface area is 412 Å². The van der Waals surface area contributed by atoms with Gasteiger partial charge in [0.05, 0.1) is 13.2 Å². The standard InChI is InChI=1S/C57H104NO8P/c1-3-5-7-9-11-13-15-17-19-21-23-25-27-29-31-33-35-37-39-41-43-45-47-49-56(60)58-51-52-65-67(62,63)66-54-55(59)53-64-57(61)50-48-46-44-42-40-38-36-34-32-30-28-26-24-22-20-18-16-14-12-10-8-6-4-2/h11,13,17-20,23,25,29,31,55,59H,3-10,12,14-16,21-22,24,26-28,30,32-54H2,1-2H3,(H,58,60)(H,62,63)/b13-11-,19-17-,20-18+,25-23-,31-29-. The smallest absolute Gasteiger partial charge is 0.463 e. The van der Waals surface area contributed by atoms with E-state index in [0.29, 0.717) is 6.42 Å². The molecule has 0 aliphatic rings. The fraction of sp³-hybridized carbons (Fsp3) is 0.789. The molecule has 0 aromatic rings. The Hall–Kier alpha value is -2.29. The van der Waals surface area contributed by atoms with Gasteiger partial charge < -0.3 is 20.1 Å². The van der Waals surface area contributed by atoms with Crippen LogP contribution in [0.25, 0.3) is 0 Å². The van der Waals surface area contributed by atoms with E-state index < -0.39 is 26.5 Å². The van der Waals surface area contributed by atoms with Crippen molar-refractivity contribution in [1.29, 1.82) is 0 Å². The van der Waals surface area contributed by atoms with Crippen molar-refractivity contribution in [2.24, 2.45) is 0 Å². The van der Waals surface area contributed by atoms with Gasteiger partial charge >= 0.3 is 13.8 Å². The molecule has 67 heavy (non-hydrogen) atoms. The number of phosphoric acid groups is 1. The van der Waals surface area contributed by atoms with E-state index in [1.54, 1.807) is 0 Å². The number of rotatable bonds is 52. The summed E-state index contributed by atoms with van der Waals surface area (Å²) in [7, 11) is -4.43. The van der Waals surface area contributed by atoms with E-state index in [9.17, 15) is 24.2 Å². The molecule has 0 rings (SSSR count). The third-order valence-corrected chi connectivity index (χ3v) is 12.9. The topological polar surface area (TPSA) is 131 Å². The van der Waals surface area contributed by atoms with E-state index in [0.717, 1.165) is 64.2 Å². The van der Waals surface area contributed by atoms with Crippen molar-refractivity contribution < 1.29 is 37.9 Å². The van der Waals surface area contributed by atoms with E-state index in [4.69, 9.17) is 13.8 Å². The number of carbonyl (C=O) groups is 2. The fourth-order valence-corrected chi connectivity index (χ4v) is 8.47. The number of carbonyl (C=O) groups excluding carboxylic acids is 2. The zero-order valence-electron chi connectivity index (χ0n) is 43.3. The van der Waals surface area contributed by atoms with Crippen LogP contribution in [-0.2, 0) is 27.9 Å². The number of phosphoric ester groups is 1. The van der Waals surface area contributed by atoms with Crippen LogP contribution in [0.4, 0.5) is 0 Å². The van der Waals surface area contributed by atoms with Gasteiger partial charge in [-0.05, 0) is 83.5 Å². The molecule has 0 aromatic heterocycles. The molecule has 0 radical (unpaired) electrons. The average molecular weight is 962 g/mol. The van der Waals surface area contributed by atoms with E-state index in [-0.39, 0.29) is 32.1 Å². The first-order valence-electron chi connectivity index (χ1n) is 27.8. The number of aliphatic hydroxyl groups is 1. The van der Waals surface area contributed by atoms with Crippen molar-refractivity contribution in [2.45, 2.75) is 264 Å². The second-order valence-corrected chi connectivity index (χ2v) is 20.0. The lowest BCUT2D eigenvalue weighted by Crippen LogP contribution is -2.27. The summed E-state index contributed by atoms with van der Waals surface area (Å²) in [6.45, 7) is 3.54. The number of hydrogen-bond acceptors (Lipinski definition) is 7. The Balaban J connectivity index is 3.56. The van der Waals surface area contributed by atoms with Gasteiger partial charge in [0.1, 0.15) is 12.7 Å². The molecule has 2 atom stereocenters. The molecular formula is C57H104NO8P. The second-order valence-electron chi connectivity index (χ2n) is 18.5. The molecule has 390 valence electrons. The second kappa shape index (κ2) is 53.1. The van der Waals surface area contributed by atoms with Crippen molar-refractivity contribution in [3.05, 3.63) is 60.8 Å². The first kappa shape index (κ1) is 64.7. The number of esters is 1. The van der Waals surface area contributed by atoms with Crippen LogP contribution in [0.3, 0.4) is 0 Å². The van der Waals surface area contributed by atoms with Gasteiger partial charge in [-0.3, -0.25) is 18.6 Å². The summed E-state index contributed by atoms with van der Waals surface area (Å²) in [5.74, 6) is -0.522. The highest BCUT2D eigenvalue weighted by molar-refractivity contribution is 7.47. The minimum Gasteiger partial charge on any atom is -0.463 e. The monoisotopic (exact) mass is 962 g/mol. The number of hydrogen-bond donors (Lipinski definition) is 3. The number of unbranched alkanes of at least 4 members (excludes halogenated alkanes) is 29. The van der Waals surface area contributed by atoms with Gasteiger partial charge in [-0.25, -0.2) is 4.57 Å². The Morgan fingerprint density at radius 3 is 1.25 bits per heavy atom. The lowest BCUT2D eigenvalue weighted by atomic mass is 10.0. The number of allylic oxidation sites excluding steroid dienone is 10. The van der Waals surface area contributed by atoms with Crippen LogP contribution in [0, 0.1) is 0 Å². The Morgan fingerprint density at radius 1 is 0.463 bits per heavy atom. The minimum atomic E-state index is -4.43. The van der Waals surface area contributed by atoms with Gasteiger partial charge in [-0.2, -0.15) is 0 Å². The molecule has 0 heterocycles. The maximum absolute atomic E-state index is 12.2. The largest absolute Gasteiger partial charge is 0.472 e. The SMILES string of the molecule is CCCCC/C=C\C/C=C\C/C=C\C/C=C\CCCCCCCCCC(=O)NCCOP(=O)(O)OCC(O)COC(=O)CCCCCCCCCCCCCCC/C=C/CCCCCCCC. The Morgan fingerprint density at radius 2 is 0.806 bits per heavy atom.